The molecular weight excluding hydrogens is 268 g/mol. The molecule has 0 unspecified atom stereocenters. The zero-order valence-corrected chi connectivity index (χ0v) is 10.9. The Morgan fingerprint density at radius 2 is 2.25 bits per heavy atom. The predicted octanol–water partition coefficient (Wildman–Crippen LogP) is 2.08. The summed E-state index contributed by atoms with van der Waals surface area (Å²) in [6.07, 6.45) is 0.992. The number of hydrogen-bond donors (Lipinski definition) is 1. The zero-order chi connectivity index (χ0) is 11.5. The van der Waals surface area contributed by atoms with Gasteiger partial charge in [0.2, 0.25) is 5.91 Å². The summed E-state index contributed by atoms with van der Waals surface area (Å²) in [5.41, 5.74) is 2.16. The molecule has 1 N–H and O–H groups in total. The van der Waals surface area contributed by atoms with Crippen molar-refractivity contribution in [2.24, 2.45) is 0 Å². The van der Waals surface area contributed by atoms with Gasteiger partial charge in [0.05, 0.1) is 12.2 Å². The minimum atomic E-state index is 0.141. The van der Waals surface area contributed by atoms with Gasteiger partial charge in [-0.05, 0) is 53.5 Å². The summed E-state index contributed by atoms with van der Waals surface area (Å²) in [5, 5.41) is 3.12. The van der Waals surface area contributed by atoms with Gasteiger partial charge in [0.15, 0.2) is 0 Å². The SMILES string of the molecule is Cc1ccc(N2CCCNCC2=O)c(Br)c1. The van der Waals surface area contributed by atoms with Gasteiger partial charge < -0.3 is 10.2 Å². The predicted molar refractivity (Wildman–Crippen MR) is 68.7 cm³/mol. The summed E-state index contributed by atoms with van der Waals surface area (Å²) < 4.78 is 0.989. The van der Waals surface area contributed by atoms with E-state index in [4.69, 9.17) is 0 Å². The van der Waals surface area contributed by atoms with E-state index < -0.39 is 0 Å². The normalized spacial score (nSPS) is 17.4. The van der Waals surface area contributed by atoms with Crippen molar-refractivity contribution < 1.29 is 4.79 Å². The van der Waals surface area contributed by atoms with Crippen molar-refractivity contribution in [2.45, 2.75) is 13.3 Å². The molecule has 1 fully saturated rings. The molecule has 4 heteroatoms. The van der Waals surface area contributed by atoms with E-state index in [1.165, 1.54) is 5.56 Å². The molecule has 2 rings (SSSR count). The van der Waals surface area contributed by atoms with Crippen LogP contribution in [0.5, 0.6) is 0 Å². The van der Waals surface area contributed by atoms with Crippen LogP contribution in [-0.4, -0.2) is 25.5 Å². The Morgan fingerprint density at radius 1 is 1.44 bits per heavy atom. The Bertz CT molecular complexity index is 406. The average molecular weight is 283 g/mol. The molecule has 1 aliphatic rings. The molecular formula is C12H15BrN2O. The van der Waals surface area contributed by atoms with Gasteiger partial charge in [0.25, 0.3) is 0 Å². The maximum absolute atomic E-state index is 11.9. The van der Waals surface area contributed by atoms with E-state index >= 15 is 0 Å². The summed E-state index contributed by atoms with van der Waals surface area (Å²) in [5.74, 6) is 0.141. The highest BCUT2D eigenvalue weighted by atomic mass is 79.9. The van der Waals surface area contributed by atoms with Gasteiger partial charge >= 0.3 is 0 Å². The van der Waals surface area contributed by atoms with E-state index in [1.807, 2.05) is 30.0 Å². The Kier molecular flexibility index (Phi) is 3.61. The minimum Gasteiger partial charge on any atom is -0.310 e. The van der Waals surface area contributed by atoms with Gasteiger partial charge in [0.1, 0.15) is 0 Å². The molecule has 0 saturated carbocycles. The minimum absolute atomic E-state index is 0.141. The van der Waals surface area contributed by atoms with Crippen LogP contribution >= 0.6 is 15.9 Å². The van der Waals surface area contributed by atoms with Crippen LogP contribution in [-0.2, 0) is 4.79 Å². The van der Waals surface area contributed by atoms with Crippen LogP contribution in [0.3, 0.4) is 0 Å². The summed E-state index contributed by atoms with van der Waals surface area (Å²) in [6, 6.07) is 6.08. The van der Waals surface area contributed by atoms with Crippen LogP contribution in [0.25, 0.3) is 0 Å². The van der Waals surface area contributed by atoms with Gasteiger partial charge in [0, 0.05) is 11.0 Å². The van der Waals surface area contributed by atoms with Crippen molar-refractivity contribution >= 4 is 27.5 Å². The molecule has 1 aromatic rings. The number of nitrogens with one attached hydrogen (secondary N) is 1. The standard InChI is InChI=1S/C12H15BrN2O/c1-9-3-4-11(10(13)7-9)15-6-2-5-14-8-12(15)16/h3-4,7,14H,2,5-6,8H2,1H3. The zero-order valence-electron chi connectivity index (χ0n) is 9.29. The number of nitrogens with zero attached hydrogens (tertiary/aromatic N) is 1. The number of carbonyl (C=O) groups excluding carboxylic acids is 1. The summed E-state index contributed by atoms with van der Waals surface area (Å²) >= 11 is 3.52. The Hall–Kier alpha value is -0.870. The number of rotatable bonds is 1. The maximum Gasteiger partial charge on any atom is 0.240 e. The first kappa shape index (κ1) is 11.6. The number of carbonyl (C=O) groups is 1. The first-order valence-electron chi connectivity index (χ1n) is 5.46. The average Bonchev–Trinajstić information content (AvgIpc) is 2.44. The Labute approximate surface area is 104 Å². The van der Waals surface area contributed by atoms with Crippen LogP contribution in [0, 0.1) is 6.92 Å². The van der Waals surface area contributed by atoms with E-state index in [-0.39, 0.29) is 5.91 Å². The first-order chi connectivity index (χ1) is 7.68. The number of benzene rings is 1. The van der Waals surface area contributed by atoms with Gasteiger partial charge in [-0.2, -0.15) is 0 Å². The fourth-order valence-electron chi connectivity index (χ4n) is 1.86. The fourth-order valence-corrected chi connectivity index (χ4v) is 2.57. The molecule has 1 heterocycles. The molecule has 0 spiro atoms. The fraction of sp³-hybridized carbons (Fsp3) is 0.417. The van der Waals surface area contributed by atoms with Crippen LogP contribution in [0.15, 0.2) is 22.7 Å². The quantitative estimate of drug-likeness (QED) is 0.856. The van der Waals surface area contributed by atoms with Crippen molar-refractivity contribution in [2.75, 3.05) is 24.5 Å². The molecule has 0 bridgehead atoms. The third-order valence-electron chi connectivity index (χ3n) is 2.71. The number of aryl methyl sites for hydroxylation is 1. The lowest BCUT2D eigenvalue weighted by atomic mass is 10.2. The smallest absolute Gasteiger partial charge is 0.240 e. The largest absolute Gasteiger partial charge is 0.310 e. The second-order valence-electron chi connectivity index (χ2n) is 4.03. The monoisotopic (exact) mass is 282 g/mol. The van der Waals surface area contributed by atoms with Gasteiger partial charge in [-0.15, -0.1) is 0 Å². The Balaban J connectivity index is 2.30. The number of amides is 1. The highest BCUT2D eigenvalue weighted by Crippen LogP contribution is 2.27. The second kappa shape index (κ2) is 4.97. The van der Waals surface area contributed by atoms with Crippen molar-refractivity contribution in [1.29, 1.82) is 0 Å². The lowest BCUT2D eigenvalue weighted by Gasteiger charge is -2.21. The van der Waals surface area contributed by atoms with Crippen molar-refractivity contribution in [1.82, 2.24) is 5.32 Å². The highest BCUT2D eigenvalue weighted by molar-refractivity contribution is 9.10. The first-order valence-corrected chi connectivity index (χ1v) is 6.25. The molecule has 1 saturated heterocycles. The molecule has 0 radical (unpaired) electrons. The topological polar surface area (TPSA) is 32.3 Å². The van der Waals surface area contributed by atoms with Crippen LogP contribution < -0.4 is 10.2 Å². The second-order valence-corrected chi connectivity index (χ2v) is 4.88. The number of halogens is 1. The summed E-state index contributed by atoms with van der Waals surface area (Å²) in [4.78, 5) is 13.7. The van der Waals surface area contributed by atoms with Crippen LogP contribution in [0.1, 0.15) is 12.0 Å². The molecule has 1 aliphatic heterocycles. The third kappa shape index (κ3) is 2.44. The maximum atomic E-state index is 11.9. The van der Waals surface area contributed by atoms with Crippen LogP contribution in [0.2, 0.25) is 0 Å². The third-order valence-corrected chi connectivity index (χ3v) is 3.34. The lowest BCUT2D eigenvalue weighted by molar-refractivity contribution is -0.117. The van der Waals surface area contributed by atoms with E-state index in [0.717, 1.165) is 29.7 Å². The highest BCUT2D eigenvalue weighted by Gasteiger charge is 2.19. The molecule has 0 aromatic heterocycles. The van der Waals surface area contributed by atoms with E-state index in [1.54, 1.807) is 0 Å². The molecule has 86 valence electrons. The molecule has 3 nitrogen and oxygen atoms in total. The molecule has 0 aliphatic carbocycles. The van der Waals surface area contributed by atoms with Gasteiger partial charge in [-0.3, -0.25) is 4.79 Å². The van der Waals surface area contributed by atoms with E-state index in [9.17, 15) is 4.79 Å². The van der Waals surface area contributed by atoms with Gasteiger partial charge in [-0.1, -0.05) is 6.07 Å². The van der Waals surface area contributed by atoms with Gasteiger partial charge in [-0.25, -0.2) is 0 Å². The molecule has 0 atom stereocenters. The Morgan fingerprint density at radius 3 is 3.00 bits per heavy atom. The van der Waals surface area contributed by atoms with E-state index in [2.05, 4.69) is 21.2 Å². The summed E-state index contributed by atoms with van der Waals surface area (Å²) in [7, 11) is 0. The molecule has 1 aromatic carbocycles. The molecule has 1 amide bonds. The number of anilines is 1. The van der Waals surface area contributed by atoms with Crippen molar-refractivity contribution in [3.8, 4) is 0 Å². The van der Waals surface area contributed by atoms with E-state index in [0.29, 0.717) is 6.54 Å². The number of hydrogen-bond acceptors (Lipinski definition) is 2. The molecule has 16 heavy (non-hydrogen) atoms. The summed E-state index contributed by atoms with van der Waals surface area (Å²) in [6.45, 7) is 4.17. The van der Waals surface area contributed by atoms with Crippen LogP contribution in [0.4, 0.5) is 5.69 Å². The van der Waals surface area contributed by atoms with Crippen molar-refractivity contribution in [3.05, 3.63) is 28.2 Å². The van der Waals surface area contributed by atoms with Crippen molar-refractivity contribution in [3.63, 3.8) is 0 Å². The lowest BCUT2D eigenvalue weighted by Crippen LogP contribution is -2.35.